The number of amides is 1. The molecule has 1 heterocycles. The predicted octanol–water partition coefficient (Wildman–Crippen LogP) is 2.55. The van der Waals surface area contributed by atoms with Gasteiger partial charge in [0.1, 0.15) is 18.8 Å². The Hall–Kier alpha value is -2.12. The summed E-state index contributed by atoms with van der Waals surface area (Å²) in [5.74, 6) is 0.426. The van der Waals surface area contributed by atoms with Crippen molar-refractivity contribution in [1.82, 2.24) is 14.9 Å². The molecule has 0 aliphatic heterocycles. The van der Waals surface area contributed by atoms with Gasteiger partial charge in [-0.25, -0.2) is 14.3 Å². The molecule has 1 aliphatic carbocycles. The first-order valence-electron chi connectivity index (χ1n) is 7.61. The zero-order valence-corrected chi connectivity index (χ0v) is 12.9. The normalized spacial score (nSPS) is 17.0. The lowest BCUT2D eigenvalue weighted by molar-refractivity contribution is -0.392. The van der Waals surface area contributed by atoms with Gasteiger partial charge < -0.3 is 20.2 Å². The van der Waals surface area contributed by atoms with Crippen molar-refractivity contribution in [3.63, 3.8) is 0 Å². The van der Waals surface area contributed by atoms with Crippen molar-refractivity contribution < 1.29 is 14.5 Å². The van der Waals surface area contributed by atoms with Gasteiger partial charge in [0.25, 0.3) is 0 Å². The number of nitrogens with one attached hydrogen (secondary N) is 1. The molecule has 1 aliphatic rings. The van der Waals surface area contributed by atoms with E-state index in [4.69, 9.17) is 4.74 Å². The maximum atomic E-state index is 11.9. The fraction of sp³-hybridized carbons (Fsp3) is 0.714. The van der Waals surface area contributed by atoms with Gasteiger partial charge in [0, 0.05) is 13.0 Å². The Kier molecular flexibility index (Phi) is 5.35. The predicted molar refractivity (Wildman–Crippen MR) is 79.6 cm³/mol. The maximum absolute atomic E-state index is 11.9. The van der Waals surface area contributed by atoms with Crippen LogP contribution in [0.15, 0.2) is 6.20 Å². The fourth-order valence-electron chi connectivity index (χ4n) is 2.75. The van der Waals surface area contributed by atoms with Crippen molar-refractivity contribution in [2.75, 3.05) is 0 Å². The van der Waals surface area contributed by atoms with Crippen LogP contribution >= 0.6 is 0 Å². The molecular weight excluding hydrogens is 288 g/mol. The molecule has 0 radical (unpaired) electrons. The number of rotatable bonds is 5. The van der Waals surface area contributed by atoms with E-state index in [9.17, 15) is 14.9 Å². The van der Waals surface area contributed by atoms with Gasteiger partial charge in [-0.1, -0.05) is 19.3 Å². The van der Waals surface area contributed by atoms with Crippen LogP contribution in [-0.4, -0.2) is 32.7 Å². The summed E-state index contributed by atoms with van der Waals surface area (Å²) in [6.45, 7) is 3.60. The number of alkyl carbamates (subject to hydrolysis) is 1. The largest absolute Gasteiger partial charge is 0.442 e. The van der Waals surface area contributed by atoms with Crippen molar-refractivity contribution in [1.29, 1.82) is 0 Å². The lowest BCUT2D eigenvalue weighted by Gasteiger charge is -2.23. The lowest BCUT2D eigenvalue weighted by atomic mass is 9.96. The molecule has 0 saturated heterocycles. The summed E-state index contributed by atoms with van der Waals surface area (Å²) in [6, 6.07) is 0.178. The summed E-state index contributed by atoms with van der Waals surface area (Å²) in [4.78, 5) is 26.2. The molecule has 8 nitrogen and oxygen atoms in total. The zero-order chi connectivity index (χ0) is 16.1. The van der Waals surface area contributed by atoms with Gasteiger partial charge in [0.15, 0.2) is 5.82 Å². The van der Waals surface area contributed by atoms with Gasteiger partial charge in [0.2, 0.25) is 0 Å². The first-order valence-corrected chi connectivity index (χ1v) is 7.61. The standard InChI is InChI=1S/C14H22N4O4/c1-10(9-17-11(2)15-8-13(17)18(20)21)22-14(19)16-12-6-4-3-5-7-12/h8,10,12H,3-7,9H2,1-2H3,(H,16,19). The Balaban J connectivity index is 1.87. The molecule has 1 aromatic rings. The number of nitro groups is 1. The van der Waals surface area contributed by atoms with Crippen molar-refractivity contribution in [2.24, 2.45) is 0 Å². The number of hydrogen-bond acceptors (Lipinski definition) is 5. The Morgan fingerprint density at radius 2 is 2.23 bits per heavy atom. The highest BCUT2D eigenvalue weighted by Gasteiger charge is 2.22. The highest BCUT2D eigenvalue weighted by atomic mass is 16.6. The molecule has 8 heteroatoms. The number of ether oxygens (including phenoxy) is 1. The molecule has 1 atom stereocenters. The van der Waals surface area contributed by atoms with Crippen LogP contribution in [0.5, 0.6) is 0 Å². The molecule has 2 rings (SSSR count). The lowest BCUT2D eigenvalue weighted by Crippen LogP contribution is -2.38. The van der Waals surface area contributed by atoms with Gasteiger partial charge in [-0.15, -0.1) is 0 Å². The molecule has 1 amide bonds. The smallest absolute Gasteiger partial charge is 0.407 e. The van der Waals surface area contributed by atoms with Crippen molar-refractivity contribution in [3.05, 3.63) is 22.1 Å². The fourth-order valence-corrected chi connectivity index (χ4v) is 2.75. The van der Waals surface area contributed by atoms with Gasteiger partial charge in [-0.2, -0.15) is 0 Å². The van der Waals surface area contributed by atoms with Crippen LogP contribution < -0.4 is 5.32 Å². The first kappa shape index (κ1) is 16.3. The van der Waals surface area contributed by atoms with E-state index < -0.39 is 17.1 Å². The molecule has 0 spiro atoms. The summed E-state index contributed by atoms with van der Waals surface area (Å²) in [6.07, 6.45) is 5.71. The Bertz CT molecular complexity index is 537. The van der Waals surface area contributed by atoms with E-state index in [2.05, 4.69) is 10.3 Å². The van der Waals surface area contributed by atoms with Crippen LogP contribution in [0.1, 0.15) is 44.9 Å². The van der Waals surface area contributed by atoms with Crippen molar-refractivity contribution in [3.8, 4) is 0 Å². The van der Waals surface area contributed by atoms with E-state index in [1.807, 2.05) is 0 Å². The van der Waals surface area contributed by atoms with E-state index in [0.29, 0.717) is 5.82 Å². The van der Waals surface area contributed by atoms with Crippen LogP contribution in [0, 0.1) is 17.0 Å². The molecule has 1 unspecified atom stereocenters. The van der Waals surface area contributed by atoms with E-state index in [-0.39, 0.29) is 18.4 Å². The third-order valence-corrected chi connectivity index (χ3v) is 3.90. The van der Waals surface area contributed by atoms with Gasteiger partial charge in [0.05, 0.1) is 0 Å². The molecule has 22 heavy (non-hydrogen) atoms. The Morgan fingerprint density at radius 1 is 1.55 bits per heavy atom. The second kappa shape index (κ2) is 7.24. The van der Waals surface area contributed by atoms with Gasteiger partial charge in [-0.3, -0.25) is 0 Å². The molecule has 122 valence electrons. The second-order valence-corrected chi connectivity index (χ2v) is 5.73. The molecule has 0 bridgehead atoms. The van der Waals surface area contributed by atoms with Gasteiger partial charge in [-0.05, 0) is 24.7 Å². The quantitative estimate of drug-likeness (QED) is 0.665. The molecular formula is C14H22N4O4. The number of carbonyl (C=O) groups is 1. The van der Waals surface area contributed by atoms with Crippen molar-refractivity contribution in [2.45, 2.75) is 64.6 Å². The highest BCUT2D eigenvalue weighted by molar-refractivity contribution is 5.67. The molecule has 1 fully saturated rings. The third-order valence-electron chi connectivity index (χ3n) is 3.90. The minimum atomic E-state index is -0.491. The van der Waals surface area contributed by atoms with Crippen LogP contribution in [0.3, 0.4) is 0 Å². The molecule has 0 aromatic carbocycles. The summed E-state index contributed by atoms with van der Waals surface area (Å²) >= 11 is 0. The Labute approximate surface area is 129 Å². The molecule has 1 saturated carbocycles. The number of aryl methyl sites for hydroxylation is 1. The zero-order valence-electron chi connectivity index (χ0n) is 12.9. The minimum absolute atomic E-state index is 0.0966. The third kappa shape index (κ3) is 4.19. The number of imidazole rings is 1. The van der Waals surface area contributed by atoms with E-state index >= 15 is 0 Å². The van der Waals surface area contributed by atoms with Crippen LogP contribution in [0.4, 0.5) is 10.6 Å². The maximum Gasteiger partial charge on any atom is 0.407 e. The average Bonchev–Trinajstić information content (AvgIpc) is 2.81. The van der Waals surface area contributed by atoms with Gasteiger partial charge >= 0.3 is 11.9 Å². The van der Waals surface area contributed by atoms with Crippen molar-refractivity contribution >= 4 is 11.9 Å². The van der Waals surface area contributed by atoms with E-state index in [1.54, 1.807) is 13.8 Å². The number of nitrogens with zero attached hydrogens (tertiary/aromatic N) is 3. The summed E-state index contributed by atoms with van der Waals surface area (Å²) in [5, 5.41) is 13.8. The molecule has 1 N–H and O–H groups in total. The number of aromatic nitrogens is 2. The Morgan fingerprint density at radius 3 is 2.86 bits per heavy atom. The summed E-state index contributed by atoms with van der Waals surface area (Å²) in [7, 11) is 0. The van der Waals surface area contributed by atoms with Crippen LogP contribution in [-0.2, 0) is 11.3 Å². The summed E-state index contributed by atoms with van der Waals surface area (Å²) in [5.41, 5.74) is 0. The van der Waals surface area contributed by atoms with E-state index in [0.717, 1.165) is 25.7 Å². The average molecular weight is 310 g/mol. The number of hydrogen-bond donors (Lipinski definition) is 1. The SMILES string of the molecule is Cc1ncc([N+](=O)[O-])n1CC(C)OC(=O)NC1CCCCC1. The minimum Gasteiger partial charge on any atom is -0.442 e. The number of carbonyl (C=O) groups excluding carboxylic acids is 1. The highest BCUT2D eigenvalue weighted by Crippen LogP contribution is 2.18. The topological polar surface area (TPSA) is 99.3 Å². The second-order valence-electron chi connectivity index (χ2n) is 5.73. The van der Waals surface area contributed by atoms with Crippen LogP contribution in [0.2, 0.25) is 0 Å². The van der Waals surface area contributed by atoms with E-state index in [1.165, 1.54) is 17.2 Å². The first-order chi connectivity index (χ1) is 10.5. The summed E-state index contributed by atoms with van der Waals surface area (Å²) < 4.78 is 6.74. The molecule has 1 aromatic heterocycles. The monoisotopic (exact) mass is 310 g/mol. The van der Waals surface area contributed by atoms with Crippen LogP contribution in [0.25, 0.3) is 0 Å².